The van der Waals surface area contributed by atoms with Crippen LogP contribution in [0.3, 0.4) is 0 Å². The van der Waals surface area contributed by atoms with Crippen molar-refractivity contribution in [1.82, 2.24) is 10.2 Å². The van der Waals surface area contributed by atoms with E-state index in [2.05, 4.69) is 25.2 Å². The number of ketones is 1. The van der Waals surface area contributed by atoms with Crippen molar-refractivity contribution in [2.45, 2.75) is 33.7 Å². The highest BCUT2D eigenvalue weighted by atomic mass is 32.1. The van der Waals surface area contributed by atoms with Gasteiger partial charge in [-0.05, 0) is 80.9 Å². The number of hydrogen-bond donors (Lipinski definition) is 1. The Kier molecular flexibility index (Phi) is 6.61. The van der Waals surface area contributed by atoms with Gasteiger partial charge in [0.15, 0.2) is 10.9 Å². The van der Waals surface area contributed by atoms with Crippen LogP contribution in [0.15, 0.2) is 84.1 Å². The number of aryl methyl sites for hydroxylation is 2. The molecule has 0 radical (unpaired) electrons. The summed E-state index contributed by atoms with van der Waals surface area (Å²) in [6.45, 7) is 8.80. The Morgan fingerprint density at radius 1 is 0.939 bits per heavy atom. The van der Waals surface area contributed by atoms with Crippen molar-refractivity contribution < 1.29 is 9.53 Å². The number of allylic oxidation sites excluding steroid dienone is 1. The predicted octanol–water partition coefficient (Wildman–Crippen LogP) is 6.50. The SMILES string of the molecule is CCN1C(=S)NC(c2ccc(Oc3cc(C)cc(C)c3)cc2)C(C(=O)c2ccccc2)=C1C. The number of benzene rings is 3. The Bertz CT molecular complexity index is 1200. The van der Waals surface area contributed by atoms with Crippen LogP contribution in [-0.4, -0.2) is 22.3 Å². The van der Waals surface area contributed by atoms with Gasteiger partial charge in [-0.25, -0.2) is 0 Å². The highest BCUT2D eigenvalue weighted by Crippen LogP contribution is 2.34. The van der Waals surface area contributed by atoms with Crippen LogP contribution in [0.25, 0.3) is 0 Å². The van der Waals surface area contributed by atoms with E-state index in [4.69, 9.17) is 17.0 Å². The molecular weight excluding hydrogens is 428 g/mol. The maximum atomic E-state index is 13.5. The number of ether oxygens (including phenoxy) is 1. The molecule has 1 unspecified atom stereocenters. The molecule has 1 heterocycles. The van der Waals surface area contributed by atoms with Crippen molar-refractivity contribution in [3.63, 3.8) is 0 Å². The van der Waals surface area contributed by atoms with Gasteiger partial charge < -0.3 is 15.0 Å². The Morgan fingerprint density at radius 3 is 2.18 bits per heavy atom. The van der Waals surface area contributed by atoms with Crippen molar-refractivity contribution in [3.05, 3.63) is 106 Å². The third-order valence-corrected chi connectivity index (χ3v) is 6.18. The number of carbonyl (C=O) groups is 1. The van der Waals surface area contributed by atoms with Gasteiger partial charge in [-0.1, -0.05) is 48.5 Å². The summed E-state index contributed by atoms with van der Waals surface area (Å²) in [6, 6.07) is 23.1. The Hall–Kier alpha value is -3.44. The molecule has 33 heavy (non-hydrogen) atoms. The Morgan fingerprint density at radius 2 is 1.58 bits per heavy atom. The zero-order valence-corrected chi connectivity index (χ0v) is 20.2. The fraction of sp³-hybridized carbons (Fsp3) is 0.214. The smallest absolute Gasteiger partial charge is 0.193 e. The molecule has 168 valence electrons. The molecule has 3 aromatic carbocycles. The zero-order chi connectivity index (χ0) is 23.5. The van der Waals surface area contributed by atoms with E-state index in [1.54, 1.807) is 0 Å². The third-order valence-electron chi connectivity index (χ3n) is 5.84. The van der Waals surface area contributed by atoms with Crippen LogP contribution in [0, 0.1) is 13.8 Å². The molecule has 0 aliphatic carbocycles. The van der Waals surface area contributed by atoms with Gasteiger partial charge in [0.1, 0.15) is 11.5 Å². The lowest BCUT2D eigenvalue weighted by molar-refractivity contribution is 0.102. The topological polar surface area (TPSA) is 41.6 Å². The van der Waals surface area contributed by atoms with E-state index in [1.165, 1.54) is 0 Å². The number of nitrogens with one attached hydrogen (secondary N) is 1. The van der Waals surface area contributed by atoms with Crippen molar-refractivity contribution >= 4 is 23.1 Å². The van der Waals surface area contributed by atoms with Crippen LogP contribution in [0.2, 0.25) is 0 Å². The van der Waals surface area contributed by atoms with Crippen LogP contribution in [0.1, 0.15) is 46.9 Å². The van der Waals surface area contributed by atoms with E-state index < -0.39 is 0 Å². The summed E-state index contributed by atoms with van der Waals surface area (Å²) in [5.74, 6) is 1.56. The lowest BCUT2D eigenvalue weighted by Gasteiger charge is -2.37. The first-order chi connectivity index (χ1) is 15.9. The molecular formula is C28H28N2O2S. The van der Waals surface area contributed by atoms with E-state index in [9.17, 15) is 4.79 Å². The normalized spacial score (nSPS) is 15.9. The van der Waals surface area contributed by atoms with E-state index in [-0.39, 0.29) is 11.8 Å². The Balaban J connectivity index is 1.67. The largest absolute Gasteiger partial charge is 0.457 e. The molecule has 1 aliphatic heterocycles. The number of Topliss-reactive ketones (excluding diaryl/α,β-unsaturated/α-hetero) is 1. The molecule has 3 aromatic rings. The molecule has 0 aromatic heterocycles. The minimum atomic E-state index is -0.330. The highest BCUT2D eigenvalue weighted by Gasteiger charge is 2.33. The summed E-state index contributed by atoms with van der Waals surface area (Å²) in [6.07, 6.45) is 0. The maximum Gasteiger partial charge on any atom is 0.193 e. The van der Waals surface area contributed by atoms with Crippen LogP contribution in [-0.2, 0) is 0 Å². The summed E-state index contributed by atoms with van der Waals surface area (Å²) in [4.78, 5) is 15.5. The van der Waals surface area contributed by atoms with E-state index in [1.807, 2.05) is 85.5 Å². The first-order valence-electron chi connectivity index (χ1n) is 11.1. The summed E-state index contributed by atoms with van der Waals surface area (Å²) >= 11 is 5.62. The lowest BCUT2D eigenvalue weighted by Crippen LogP contribution is -2.47. The summed E-state index contributed by atoms with van der Waals surface area (Å²) in [7, 11) is 0. The monoisotopic (exact) mass is 456 g/mol. The van der Waals surface area contributed by atoms with E-state index >= 15 is 0 Å². The van der Waals surface area contributed by atoms with Crippen LogP contribution in [0.5, 0.6) is 11.5 Å². The van der Waals surface area contributed by atoms with Gasteiger partial charge in [0, 0.05) is 23.4 Å². The highest BCUT2D eigenvalue weighted by molar-refractivity contribution is 7.80. The van der Waals surface area contributed by atoms with Gasteiger partial charge in [0.2, 0.25) is 0 Å². The number of hydrogen-bond acceptors (Lipinski definition) is 3. The number of thiocarbonyl (C=S) groups is 1. The van der Waals surface area contributed by atoms with Gasteiger partial charge in [-0.2, -0.15) is 0 Å². The third kappa shape index (κ3) is 4.83. The lowest BCUT2D eigenvalue weighted by atomic mass is 9.89. The minimum absolute atomic E-state index is 0.00196. The summed E-state index contributed by atoms with van der Waals surface area (Å²) in [5.41, 5.74) is 5.53. The van der Waals surface area contributed by atoms with Crippen molar-refractivity contribution in [1.29, 1.82) is 0 Å². The second-order valence-corrected chi connectivity index (χ2v) is 8.70. The van der Waals surface area contributed by atoms with Gasteiger partial charge in [-0.15, -0.1) is 0 Å². The zero-order valence-electron chi connectivity index (χ0n) is 19.4. The molecule has 0 saturated carbocycles. The Labute approximate surface area is 200 Å². The average Bonchev–Trinajstić information content (AvgIpc) is 2.79. The molecule has 4 nitrogen and oxygen atoms in total. The fourth-order valence-electron chi connectivity index (χ4n) is 4.31. The van der Waals surface area contributed by atoms with E-state index in [0.717, 1.165) is 33.9 Å². The molecule has 0 fully saturated rings. The van der Waals surface area contributed by atoms with Crippen molar-refractivity contribution in [2.75, 3.05) is 6.54 Å². The molecule has 0 saturated heterocycles. The molecule has 1 N–H and O–H groups in total. The van der Waals surface area contributed by atoms with Gasteiger partial charge in [0.05, 0.1) is 6.04 Å². The summed E-state index contributed by atoms with van der Waals surface area (Å²) < 4.78 is 6.07. The first-order valence-corrected chi connectivity index (χ1v) is 11.5. The second kappa shape index (κ2) is 9.59. The van der Waals surface area contributed by atoms with Gasteiger partial charge in [0.25, 0.3) is 0 Å². The van der Waals surface area contributed by atoms with Crippen molar-refractivity contribution in [2.24, 2.45) is 0 Å². The van der Waals surface area contributed by atoms with Crippen molar-refractivity contribution in [3.8, 4) is 11.5 Å². The molecule has 1 aliphatic rings. The summed E-state index contributed by atoms with van der Waals surface area (Å²) in [5, 5.41) is 4.01. The van der Waals surface area contributed by atoms with Gasteiger partial charge >= 0.3 is 0 Å². The standard InChI is InChI=1S/C28H28N2O2S/c1-5-30-20(4)25(27(31)22-9-7-6-8-10-22)26(29-28(30)33)21-11-13-23(14-12-21)32-24-16-18(2)15-19(3)17-24/h6-17,26H,5H2,1-4H3,(H,29,33). The molecule has 0 spiro atoms. The first kappa shape index (κ1) is 22.7. The van der Waals surface area contributed by atoms with Crippen LogP contribution >= 0.6 is 12.2 Å². The number of nitrogens with zero attached hydrogens (tertiary/aromatic N) is 1. The average molecular weight is 457 g/mol. The van der Waals surface area contributed by atoms with Gasteiger partial charge in [-0.3, -0.25) is 4.79 Å². The fourth-order valence-corrected chi connectivity index (χ4v) is 4.69. The predicted molar refractivity (Wildman–Crippen MR) is 137 cm³/mol. The quantitative estimate of drug-likeness (QED) is 0.339. The number of rotatable bonds is 6. The molecule has 1 atom stereocenters. The molecule has 0 amide bonds. The molecule has 0 bridgehead atoms. The second-order valence-electron chi connectivity index (χ2n) is 8.32. The number of carbonyl (C=O) groups excluding carboxylic acids is 1. The molecule has 4 rings (SSSR count). The minimum Gasteiger partial charge on any atom is -0.457 e. The van der Waals surface area contributed by atoms with Crippen LogP contribution in [0.4, 0.5) is 0 Å². The van der Waals surface area contributed by atoms with E-state index in [0.29, 0.717) is 22.8 Å². The molecule has 5 heteroatoms. The van der Waals surface area contributed by atoms with Crippen LogP contribution < -0.4 is 10.1 Å². The maximum absolute atomic E-state index is 13.5.